The van der Waals surface area contributed by atoms with Crippen LogP contribution in [0, 0.1) is 17.2 Å². The Morgan fingerprint density at radius 3 is 2.58 bits per heavy atom. The van der Waals surface area contributed by atoms with Gasteiger partial charge in [0.05, 0.1) is 6.07 Å². The molecular formula is C20H17BrN2O. The molecule has 0 unspecified atom stereocenters. The Kier molecular flexibility index (Phi) is 4.82. The van der Waals surface area contributed by atoms with Crippen LogP contribution in [0.15, 0.2) is 59.1 Å². The minimum absolute atomic E-state index is 0.250. The Hall–Kier alpha value is -2.38. The van der Waals surface area contributed by atoms with Crippen molar-refractivity contribution in [1.29, 1.82) is 5.26 Å². The molecule has 0 spiro atoms. The molecule has 2 atom stereocenters. The molecule has 0 fully saturated rings. The minimum Gasteiger partial charge on any atom is -0.325 e. The van der Waals surface area contributed by atoms with E-state index >= 15 is 0 Å². The van der Waals surface area contributed by atoms with E-state index in [1.165, 1.54) is 5.56 Å². The zero-order valence-electron chi connectivity index (χ0n) is 13.3. The zero-order valence-corrected chi connectivity index (χ0v) is 14.9. The summed E-state index contributed by atoms with van der Waals surface area (Å²) in [6.45, 7) is 2.11. The van der Waals surface area contributed by atoms with Gasteiger partial charge in [0, 0.05) is 16.1 Å². The molecule has 3 nitrogen and oxygen atoms in total. The van der Waals surface area contributed by atoms with Gasteiger partial charge in [-0.15, -0.1) is 0 Å². The predicted octanol–water partition coefficient (Wildman–Crippen LogP) is 4.41. The van der Waals surface area contributed by atoms with Crippen molar-refractivity contribution < 1.29 is 4.79 Å². The Bertz CT molecular complexity index is 833. The monoisotopic (exact) mass is 380 g/mol. The SMILES string of the molecule is CCc1ccc(C2=C[C@H](c3cccc(Br)c3)[C@@H](C#N)C(=O)N2)cc1. The Morgan fingerprint density at radius 2 is 1.96 bits per heavy atom. The Balaban J connectivity index is 2.03. The van der Waals surface area contributed by atoms with E-state index in [2.05, 4.69) is 46.4 Å². The third-order valence-corrected chi connectivity index (χ3v) is 4.78. The maximum atomic E-state index is 12.4. The highest BCUT2D eigenvalue weighted by Gasteiger charge is 2.33. The number of nitrogens with one attached hydrogen (secondary N) is 1. The molecule has 0 aromatic heterocycles. The number of nitrogens with zero attached hydrogens (tertiary/aromatic N) is 1. The van der Waals surface area contributed by atoms with Crippen molar-refractivity contribution in [3.05, 3.63) is 75.8 Å². The van der Waals surface area contributed by atoms with E-state index in [1.54, 1.807) is 0 Å². The van der Waals surface area contributed by atoms with Gasteiger partial charge in [-0.25, -0.2) is 0 Å². The lowest BCUT2D eigenvalue weighted by molar-refractivity contribution is -0.122. The Morgan fingerprint density at radius 1 is 1.21 bits per heavy atom. The molecule has 3 rings (SSSR count). The molecule has 0 aliphatic carbocycles. The summed E-state index contributed by atoms with van der Waals surface area (Å²) in [4.78, 5) is 12.4. The van der Waals surface area contributed by atoms with E-state index in [0.717, 1.165) is 27.7 Å². The highest BCUT2D eigenvalue weighted by molar-refractivity contribution is 9.10. The summed E-state index contributed by atoms with van der Waals surface area (Å²) in [5, 5.41) is 12.3. The maximum absolute atomic E-state index is 12.4. The molecule has 120 valence electrons. The number of aryl methyl sites for hydroxylation is 1. The standard InChI is InChI=1S/C20H17BrN2O/c1-2-13-6-8-14(9-7-13)19-11-17(18(12-22)20(24)23-19)15-4-3-5-16(21)10-15/h3-11,17-18H,2H2,1H3,(H,23,24)/t17-,18-/m1/s1. The van der Waals surface area contributed by atoms with Crippen LogP contribution in [0.5, 0.6) is 0 Å². The predicted molar refractivity (Wildman–Crippen MR) is 97.9 cm³/mol. The Labute approximate surface area is 150 Å². The van der Waals surface area contributed by atoms with Crippen molar-refractivity contribution >= 4 is 27.5 Å². The number of amides is 1. The third kappa shape index (κ3) is 3.27. The second-order valence-electron chi connectivity index (χ2n) is 5.81. The molecule has 1 aliphatic rings. The summed E-state index contributed by atoms with van der Waals surface area (Å²) in [6.07, 6.45) is 2.96. The van der Waals surface area contributed by atoms with E-state index in [9.17, 15) is 10.1 Å². The number of halogens is 1. The lowest BCUT2D eigenvalue weighted by atomic mass is 9.82. The van der Waals surface area contributed by atoms with E-state index in [1.807, 2.05) is 42.5 Å². The smallest absolute Gasteiger partial charge is 0.242 e. The summed E-state index contributed by atoms with van der Waals surface area (Å²) in [7, 11) is 0. The van der Waals surface area contributed by atoms with Crippen LogP contribution < -0.4 is 5.32 Å². The lowest BCUT2D eigenvalue weighted by Gasteiger charge is -2.26. The van der Waals surface area contributed by atoms with Gasteiger partial charge >= 0.3 is 0 Å². The molecule has 1 heterocycles. The molecule has 1 aliphatic heterocycles. The molecule has 0 radical (unpaired) electrons. The van der Waals surface area contributed by atoms with Crippen molar-refractivity contribution in [1.82, 2.24) is 5.32 Å². The van der Waals surface area contributed by atoms with Gasteiger partial charge in [0.2, 0.25) is 5.91 Å². The summed E-state index contributed by atoms with van der Waals surface area (Å²) in [5.74, 6) is -1.24. The molecule has 0 bridgehead atoms. The van der Waals surface area contributed by atoms with Gasteiger partial charge in [-0.1, -0.05) is 65.3 Å². The van der Waals surface area contributed by atoms with Crippen LogP contribution in [0.4, 0.5) is 0 Å². The molecule has 0 saturated carbocycles. The fourth-order valence-corrected chi connectivity index (χ4v) is 3.34. The first-order valence-electron chi connectivity index (χ1n) is 7.89. The van der Waals surface area contributed by atoms with Crippen LogP contribution in [-0.4, -0.2) is 5.91 Å². The van der Waals surface area contributed by atoms with Gasteiger partial charge in [-0.05, 0) is 35.2 Å². The highest BCUT2D eigenvalue weighted by Crippen LogP contribution is 2.34. The lowest BCUT2D eigenvalue weighted by Crippen LogP contribution is -2.36. The fourth-order valence-electron chi connectivity index (χ4n) is 2.92. The second kappa shape index (κ2) is 7.02. The average molecular weight is 381 g/mol. The van der Waals surface area contributed by atoms with Crippen LogP contribution in [0.3, 0.4) is 0 Å². The van der Waals surface area contributed by atoms with Gasteiger partial charge in [-0.3, -0.25) is 4.79 Å². The third-order valence-electron chi connectivity index (χ3n) is 4.29. The molecule has 0 saturated heterocycles. The number of hydrogen-bond donors (Lipinski definition) is 1. The van der Waals surface area contributed by atoms with Gasteiger partial charge in [0.15, 0.2) is 0 Å². The molecule has 1 amide bonds. The number of nitriles is 1. The van der Waals surface area contributed by atoms with Gasteiger partial charge in [0.25, 0.3) is 0 Å². The van der Waals surface area contributed by atoms with Crippen LogP contribution in [0.2, 0.25) is 0 Å². The van der Waals surface area contributed by atoms with Crippen molar-refractivity contribution in [3.63, 3.8) is 0 Å². The highest BCUT2D eigenvalue weighted by atomic mass is 79.9. The summed E-state index contributed by atoms with van der Waals surface area (Å²) in [6, 6.07) is 18.0. The average Bonchev–Trinajstić information content (AvgIpc) is 2.61. The normalized spacial score (nSPS) is 20.0. The van der Waals surface area contributed by atoms with E-state index < -0.39 is 5.92 Å². The van der Waals surface area contributed by atoms with Crippen molar-refractivity contribution in [3.8, 4) is 6.07 Å². The van der Waals surface area contributed by atoms with E-state index in [0.29, 0.717) is 0 Å². The van der Waals surface area contributed by atoms with Crippen molar-refractivity contribution in [2.45, 2.75) is 19.3 Å². The van der Waals surface area contributed by atoms with Crippen LogP contribution >= 0.6 is 15.9 Å². The van der Waals surface area contributed by atoms with E-state index in [-0.39, 0.29) is 11.8 Å². The molecule has 2 aromatic carbocycles. The van der Waals surface area contributed by atoms with Gasteiger partial charge < -0.3 is 5.32 Å². The maximum Gasteiger partial charge on any atom is 0.242 e. The van der Waals surface area contributed by atoms with E-state index in [4.69, 9.17) is 0 Å². The van der Waals surface area contributed by atoms with Gasteiger partial charge in [0.1, 0.15) is 5.92 Å². The van der Waals surface area contributed by atoms with Crippen LogP contribution in [-0.2, 0) is 11.2 Å². The number of allylic oxidation sites excluding steroid dienone is 1. The number of carbonyl (C=O) groups is 1. The minimum atomic E-state index is -0.724. The molecule has 4 heteroatoms. The number of rotatable bonds is 3. The zero-order chi connectivity index (χ0) is 17.1. The number of carbonyl (C=O) groups excluding carboxylic acids is 1. The van der Waals surface area contributed by atoms with Crippen molar-refractivity contribution in [2.75, 3.05) is 0 Å². The second-order valence-corrected chi connectivity index (χ2v) is 6.72. The molecule has 24 heavy (non-hydrogen) atoms. The van der Waals surface area contributed by atoms with Crippen molar-refractivity contribution in [2.24, 2.45) is 5.92 Å². The summed E-state index contributed by atoms with van der Waals surface area (Å²) in [5.41, 5.74) is 3.92. The number of hydrogen-bond acceptors (Lipinski definition) is 2. The molecule has 2 aromatic rings. The van der Waals surface area contributed by atoms with Crippen LogP contribution in [0.25, 0.3) is 5.70 Å². The molecular weight excluding hydrogens is 364 g/mol. The first-order chi connectivity index (χ1) is 11.6. The summed E-state index contributed by atoms with van der Waals surface area (Å²) < 4.78 is 0.935. The van der Waals surface area contributed by atoms with Crippen LogP contribution in [0.1, 0.15) is 29.5 Å². The quantitative estimate of drug-likeness (QED) is 0.857. The topological polar surface area (TPSA) is 52.9 Å². The summed E-state index contributed by atoms with van der Waals surface area (Å²) >= 11 is 3.46. The molecule has 1 N–H and O–H groups in total. The first-order valence-corrected chi connectivity index (χ1v) is 8.68. The van der Waals surface area contributed by atoms with Gasteiger partial charge in [-0.2, -0.15) is 5.26 Å². The first kappa shape index (κ1) is 16.5. The number of benzene rings is 2. The largest absolute Gasteiger partial charge is 0.325 e. The fraction of sp³-hybridized carbons (Fsp3) is 0.200.